The van der Waals surface area contributed by atoms with Gasteiger partial charge in [-0.05, 0) is 40.2 Å². The lowest BCUT2D eigenvalue weighted by Gasteiger charge is -2.07. The van der Waals surface area contributed by atoms with E-state index in [0.29, 0.717) is 6.54 Å². The third-order valence-corrected chi connectivity index (χ3v) is 3.44. The van der Waals surface area contributed by atoms with Crippen LogP contribution in [0.2, 0.25) is 5.02 Å². The normalized spacial score (nSPS) is 10.8. The van der Waals surface area contributed by atoms with Crippen molar-refractivity contribution in [2.24, 2.45) is 5.73 Å². The lowest BCUT2D eigenvalue weighted by Crippen LogP contribution is -2.11. The lowest BCUT2D eigenvalue weighted by atomic mass is 10.2. The predicted molar refractivity (Wildman–Crippen MR) is 73.2 cm³/mol. The molecule has 1 heterocycles. The van der Waals surface area contributed by atoms with Crippen LogP contribution >= 0.6 is 27.5 Å². The maximum absolute atomic E-state index is 5.85. The van der Waals surface area contributed by atoms with Crippen LogP contribution in [-0.2, 0) is 13.0 Å². The monoisotopic (exact) mass is 313 g/mol. The molecule has 3 nitrogen and oxygen atoms in total. The molecule has 0 saturated heterocycles. The summed E-state index contributed by atoms with van der Waals surface area (Å²) in [6.45, 7) is 1.35. The van der Waals surface area contributed by atoms with Gasteiger partial charge in [0.2, 0.25) is 0 Å². The van der Waals surface area contributed by atoms with E-state index in [2.05, 4.69) is 21.0 Å². The summed E-state index contributed by atoms with van der Waals surface area (Å²) < 4.78 is 2.97. The summed E-state index contributed by atoms with van der Waals surface area (Å²) >= 11 is 9.34. The summed E-state index contributed by atoms with van der Waals surface area (Å²) in [7, 11) is 0. The molecule has 0 amide bonds. The first kappa shape index (κ1) is 12.6. The standard InChI is InChI=1S/C12H13BrClN3/c13-11-7-16-17(12(11)5-6-15)8-9-1-3-10(14)4-2-9/h1-4,7H,5-6,8,15H2. The van der Waals surface area contributed by atoms with Crippen molar-refractivity contribution in [1.82, 2.24) is 9.78 Å². The Morgan fingerprint density at radius 3 is 2.65 bits per heavy atom. The second-order valence-electron chi connectivity index (χ2n) is 3.76. The van der Waals surface area contributed by atoms with E-state index in [9.17, 15) is 0 Å². The van der Waals surface area contributed by atoms with Crippen LogP contribution in [0.4, 0.5) is 0 Å². The number of rotatable bonds is 4. The Labute approximate surface area is 114 Å². The van der Waals surface area contributed by atoms with Crippen LogP contribution in [0.25, 0.3) is 0 Å². The fraction of sp³-hybridized carbons (Fsp3) is 0.250. The number of hydrogen-bond acceptors (Lipinski definition) is 2. The summed E-state index contributed by atoms with van der Waals surface area (Å²) in [5, 5.41) is 5.08. The third-order valence-electron chi connectivity index (χ3n) is 2.52. The largest absolute Gasteiger partial charge is 0.330 e. The second kappa shape index (κ2) is 5.67. The molecule has 2 rings (SSSR count). The Hall–Kier alpha value is -0.840. The molecule has 1 aromatic carbocycles. The van der Waals surface area contributed by atoms with Gasteiger partial charge in [0.25, 0.3) is 0 Å². The lowest BCUT2D eigenvalue weighted by molar-refractivity contribution is 0.642. The van der Waals surface area contributed by atoms with Crippen LogP contribution in [-0.4, -0.2) is 16.3 Å². The molecule has 0 unspecified atom stereocenters. The summed E-state index contributed by atoms with van der Waals surface area (Å²) in [5.41, 5.74) is 7.89. The Bertz CT molecular complexity index is 493. The minimum atomic E-state index is 0.616. The molecule has 0 aliphatic heterocycles. The molecular weight excluding hydrogens is 302 g/mol. The Balaban J connectivity index is 2.20. The predicted octanol–water partition coefficient (Wildman–Crippen LogP) is 2.85. The van der Waals surface area contributed by atoms with Crippen molar-refractivity contribution in [3.8, 4) is 0 Å². The van der Waals surface area contributed by atoms with Gasteiger partial charge in [-0.3, -0.25) is 4.68 Å². The molecule has 0 spiro atoms. The van der Waals surface area contributed by atoms with Gasteiger partial charge in [-0.25, -0.2) is 0 Å². The fourth-order valence-corrected chi connectivity index (χ4v) is 2.29. The quantitative estimate of drug-likeness (QED) is 0.943. The Morgan fingerprint density at radius 1 is 1.29 bits per heavy atom. The molecule has 1 aromatic heterocycles. The minimum Gasteiger partial charge on any atom is -0.330 e. The molecular formula is C12H13BrClN3. The molecule has 0 fully saturated rings. The zero-order valence-electron chi connectivity index (χ0n) is 9.24. The minimum absolute atomic E-state index is 0.616. The number of nitrogens with zero attached hydrogens (tertiary/aromatic N) is 2. The first-order valence-corrected chi connectivity index (χ1v) is 6.52. The average molecular weight is 315 g/mol. The molecule has 0 radical (unpaired) electrons. The number of nitrogens with two attached hydrogens (primary N) is 1. The third kappa shape index (κ3) is 3.09. The van der Waals surface area contributed by atoms with Gasteiger partial charge in [0.1, 0.15) is 0 Å². The second-order valence-corrected chi connectivity index (χ2v) is 5.05. The fourth-order valence-electron chi connectivity index (χ4n) is 1.67. The molecule has 5 heteroatoms. The van der Waals surface area contributed by atoms with Crippen molar-refractivity contribution < 1.29 is 0 Å². The zero-order chi connectivity index (χ0) is 12.3. The van der Waals surface area contributed by atoms with Gasteiger partial charge in [-0.2, -0.15) is 5.10 Å². The van der Waals surface area contributed by atoms with Crippen LogP contribution in [0.5, 0.6) is 0 Å². The average Bonchev–Trinajstić information content (AvgIpc) is 2.65. The molecule has 0 saturated carbocycles. The van der Waals surface area contributed by atoms with Crippen molar-refractivity contribution in [3.63, 3.8) is 0 Å². The summed E-state index contributed by atoms with van der Waals surface area (Å²) in [6.07, 6.45) is 2.62. The number of halogens is 2. The Kier molecular flexibility index (Phi) is 4.20. The Morgan fingerprint density at radius 2 is 2.00 bits per heavy atom. The van der Waals surface area contributed by atoms with Crippen molar-refractivity contribution in [3.05, 3.63) is 51.2 Å². The van der Waals surface area contributed by atoms with Gasteiger partial charge in [0, 0.05) is 11.4 Å². The molecule has 0 bridgehead atoms. The van der Waals surface area contributed by atoms with Gasteiger partial charge in [-0.1, -0.05) is 23.7 Å². The van der Waals surface area contributed by atoms with Crippen molar-refractivity contribution in [2.75, 3.05) is 6.54 Å². The molecule has 0 atom stereocenters. The number of aromatic nitrogens is 2. The highest BCUT2D eigenvalue weighted by Gasteiger charge is 2.08. The van der Waals surface area contributed by atoms with Crippen LogP contribution in [0, 0.1) is 0 Å². The smallest absolute Gasteiger partial charge is 0.0663 e. The van der Waals surface area contributed by atoms with E-state index in [1.165, 1.54) is 5.56 Å². The van der Waals surface area contributed by atoms with E-state index >= 15 is 0 Å². The number of benzene rings is 1. The molecule has 0 aliphatic rings. The summed E-state index contributed by atoms with van der Waals surface area (Å²) in [6, 6.07) is 7.78. The topological polar surface area (TPSA) is 43.8 Å². The van der Waals surface area contributed by atoms with Crippen molar-refractivity contribution in [2.45, 2.75) is 13.0 Å². The highest BCUT2D eigenvalue weighted by Crippen LogP contribution is 2.18. The highest BCUT2D eigenvalue weighted by atomic mass is 79.9. The van der Waals surface area contributed by atoms with Gasteiger partial charge in [-0.15, -0.1) is 0 Å². The van der Waals surface area contributed by atoms with Crippen molar-refractivity contribution >= 4 is 27.5 Å². The van der Waals surface area contributed by atoms with Gasteiger partial charge < -0.3 is 5.73 Å². The maximum Gasteiger partial charge on any atom is 0.0663 e. The van der Waals surface area contributed by atoms with Gasteiger partial charge >= 0.3 is 0 Å². The van der Waals surface area contributed by atoms with Crippen LogP contribution in [0.1, 0.15) is 11.3 Å². The number of hydrogen-bond donors (Lipinski definition) is 1. The van der Waals surface area contributed by atoms with Gasteiger partial charge in [0.05, 0.1) is 22.9 Å². The highest BCUT2D eigenvalue weighted by molar-refractivity contribution is 9.10. The van der Waals surface area contributed by atoms with E-state index in [4.69, 9.17) is 17.3 Å². The van der Waals surface area contributed by atoms with Crippen LogP contribution in [0.15, 0.2) is 34.9 Å². The summed E-state index contributed by atoms with van der Waals surface area (Å²) in [4.78, 5) is 0. The van der Waals surface area contributed by atoms with Gasteiger partial charge in [0.15, 0.2) is 0 Å². The molecule has 2 aromatic rings. The van der Waals surface area contributed by atoms with E-state index < -0.39 is 0 Å². The molecule has 2 N–H and O–H groups in total. The molecule has 0 aliphatic carbocycles. The first-order chi connectivity index (χ1) is 8.20. The maximum atomic E-state index is 5.85. The van der Waals surface area contributed by atoms with Crippen molar-refractivity contribution in [1.29, 1.82) is 0 Å². The van der Waals surface area contributed by atoms with E-state index in [1.54, 1.807) is 6.20 Å². The zero-order valence-corrected chi connectivity index (χ0v) is 11.6. The van der Waals surface area contributed by atoms with E-state index in [-0.39, 0.29) is 0 Å². The van der Waals surface area contributed by atoms with Crippen LogP contribution < -0.4 is 5.73 Å². The SMILES string of the molecule is NCCc1c(Br)cnn1Cc1ccc(Cl)cc1. The summed E-state index contributed by atoms with van der Waals surface area (Å²) in [5.74, 6) is 0. The van der Waals surface area contributed by atoms with E-state index in [1.807, 2.05) is 28.9 Å². The van der Waals surface area contributed by atoms with Crippen LogP contribution in [0.3, 0.4) is 0 Å². The first-order valence-electron chi connectivity index (χ1n) is 5.35. The molecule has 17 heavy (non-hydrogen) atoms. The van der Waals surface area contributed by atoms with E-state index in [0.717, 1.165) is 28.2 Å². The molecule has 90 valence electrons.